The van der Waals surface area contributed by atoms with E-state index in [1.54, 1.807) is 6.92 Å². The number of amides is 1. The molecule has 0 saturated heterocycles. The molecule has 0 saturated carbocycles. The lowest BCUT2D eigenvalue weighted by Gasteiger charge is -2.20. The SMILES string of the molecule is CC(C)C1=CC(C(C)C(=O)N(F)OS(C)(=O)=O)c2ccccc21. The fourth-order valence-electron chi connectivity index (χ4n) is 2.81. The van der Waals surface area contributed by atoms with Crippen LogP contribution in [0, 0.1) is 11.8 Å². The summed E-state index contributed by atoms with van der Waals surface area (Å²) in [6.45, 7) is 5.65. The summed E-state index contributed by atoms with van der Waals surface area (Å²) < 4.78 is 39.6. The number of carbonyl (C=O) groups is 1. The van der Waals surface area contributed by atoms with Gasteiger partial charge in [-0.05, 0) is 27.9 Å². The minimum absolute atomic E-state index is 0.261. The molecule has 0 heterocycles. The molecule has 1 amide bonds. The topological polar surface area (TPSA) is 63.7 Å². The summed E-state index contributed by atoms with van der Waals surface area (Å²) in [5.74, 6) is -1.88. The lowest BCUT2D eigenvalue weighted by molar-refractivity contribution is -0.216. The number of halogens is 1. The number of allylic oxidation sites excluding steroid dienone is 2. The highest BCUT2D eigenvalue weighted by Crippen LogP contribution is 2.43. The first-order valence-electron chi connectivity index (χ1n) is 7.32. The van der Waals surface area contributed by atoms with Crippen LogP contribution in [0.3, 0.4) is 0 Å². The fraction of sp³-hybridized carbons (Fsp3) is 0.438. The predicted molar refractivity (Wildman–Crippen MR) is 85.0 cm³/mol. The van der Waals surface area contributed by atoms with E-state index in [9.17, 15) is 17.7 Å². The van der Waals surface area contributed by atoms with Crippen molar-refractivity contribution in [3.8, 4) is 0 Å². The van der Waals surface area contributed by atoms with E-state index in [1.807, 2.05) is 44.2 Å². The highest BCUT2D eigenvalue weighted by molar-refractivity contribution is 7.85. The molecule has 2 rings (SSSR count). The Hall–Kier alpha value is -1.73. The Balaban J connectivity index is 2.29. The van der Waals surface area contributed by atoms with Gasteiger partial charge in [-0.1, -0.05) is 55.6 Å². The standard InChI is InChI=1S/C16H20FNO4S/c1-10(2)14-9-15(13-8-6-5-7-12(13)14)11(3)16(19)18(17)22-23(4,20)21/h5-11,15H,1-4H3. The summed E-state index contributed by atoms with van der Waals surface area (Å²) in [5, 5.41) is -0.691. The lowest BCUT2D eigenvalue weighted by Crippen LogP contribution is -2.32. The van der Waals surface area contributed by atoms with E-state index in [2.05, 4.69) is 4.28 Å². The third kappa shape index (κ3) is 3.79. The third-order valence-electron chi connectivity index (χ3n) is 3.91. The van der Waals surface area contributed by atoms with Crippen molar-refractivity contribution in [1.82, 2.24) is 5.29 Å². The van der Waals surface area contributed by atoms with Gasteiger partial charge in [0.2, 0.25) is 0 Å². The summed E-state index contributed by atoms with van der Waals surface area (Å²) >= 11 is 0. The van der Waals surface area contributed by atoms with Crippen LogP contribution in [0.25, 0.3) is 5.57 Å². The van der Waals surface area contributed by atoms with Gasteiger partial charge in [0.1, 0.15) is 0 Å². The molecule has 7 heteroatoms. The number of rotatable bonds is 5. The van der Waals surface area contributed by atoms with E-state index >= 15 is 0 Å². The van der Waals surface area contributed by atoms with Crippen molar-refractivity contribution < 1.29 is 22.0 Å². The molecular weight excluding hydrogens is 321 g/mol. The number of hydrogen-bond donors (Lipinski definition) is 0. The van der Waals surface area contributed by atoms with Gasteiger partial charge >= 0.3 is 0 Å². The van der Waals surface area contributed by atoms with E-state index in [-0.39, 0.29) is 11.8 Å². The van der Waals surface area contributed by atoms with Crippen molar-refractivity contribution in [2.45, 2.75) is 26.7 Å². The highest BCUT2D eigenvalue weighted by atomic mass is 32.2. The highest BCUT2D eigenvalue weighted by Gasteiger charge is 2.35. The van der Waals surface area contributed by atoms with Crippen LogP contribution >= 0.6 is 0 Å². The smallest absolute Gasteiger partial charge is 0.269 e. The molecule has 0 radical (unpaired) electrons. The van der Waals surface area contributed by atoms with Gasteiger partial charge in [-0.3, -0.25) is 4.79 Å². The largest absolute Gasteiger partial charge is 0.287 e. The zero-order valence-electron chi connectivity index (χ0n) is 13.5. The van der Waals surface area contributed by atoms with Gasteiger partial charge in [-0.2, -0.15) is 8.42 Å². The molecule has 0 N–H and O–H groups in total. The molecular formula is C16H20FNO4S. The Kier molecular flexibility index (Phi) is 4.91. The fourth-order valence-corrected chi connectivity index (χ4v) is 3.12. The average Bonchev–Trinajstić information content (AvgIpc) is 2.83. The molecule has 0 bridgehead atoms. The minimum Gasteiger partial charge on any atom is -0.269 e. The first kappa shape index (κ1) is 17.6. The second-order valence-electron chi connectivity index (χ2n) is 6.04. The van der Waals surface area contributed by atoms with Crippen LogP contribution in [0.4, 0.5) is 4.48 Å². The molecule has 1 aliphatic carbocycles. The van der Waals surface area contributed by atoms with Gasteiger partial charge in [0, 0.05) is 5.92 Å². The van der Waals surface area contributed by atoms with Crippen molar-refractivity contribution in [2.24, 2.45) is 11.8 Å². The molecule has 2 atom stereocenters. The molecule has 0 aliphatic heterocycles. The van der Waals surface area contributed by atoms with E-state index in [0.717, 1.165) is 16.7 Å². The van der Waals surface area contributed by atoms with Gasteiger partial charge < -0.3 is 0 Å². The Bertz CT molecular complexity index is 742. The van der Waals surface area contributed by atoms with E-state index in [0.29, 0.717) is 6.26 Å². The van der Waals surface area contributed by atoms with Crippen molar-refractivity contribution >= 4 is 21.6 Å². The zero-order chi connectivity index (χ0) is 17.4. The molecule has 0 fully saturated rings. The van der Waals surface area contributed by atoms with E-state index in [1.165, 1.54) is 0 Å². The maximum atomic E-state index is 13.7. The molecule has 2 unspecified atom stereocenters. The number of benzene rings is 1. The number of hydroxylamine groups is 1. The monoisotopic (exact) mass is 341 g/mol. The number of nitrogens with zero attached hydrogens (tertiary/aromatic N) is 1. The van der Waals surface area contributed by atoms with Crippen LogP contribution in [0.1, 0.15) is 37.8 Å². The summed E-state index contributed by atoms with van der Waals surface area (Å²) in [7, 11) is -4.10. The molecule has 1 aliphatic rings. The van der Waals surface area contributed by atoms with Crippen LogP contribution < -0.4 is 0 Å². The minimum atomic E-state index is -4.10. The second kappa shape index (κ2) is 6.41. The first-order chi connectivity index (χ1) is 10.6. The van der Waals surface area contributed by atoms with Crippen molar-refractivity contribution in [3.63, 3.8) is 0 Å². The lowest BCUT2D eigenvalue weighted by atomic mass is 9.88. The number of fused-ring (bicyclic) bond motifs is 1. The molecule has 126 valence electrons. The summed E-state index contributed by atoms with van der Waals surface area (Å²) in [4.78, 5) is 12.1. The maximum Gasteiger partial charge on any atom is 0.287 e. The molecule has 5 nitrogen and oxygen atoms in total. The quantitative estimate of drug-likeness (QED) is 0.610. The first-order valence-corrected chi connectivity index (χ1v) is 9.13. The van der Waals surface area contributed by atoms with Crippen LogP contribution in [0.2, 0.25) is 0 Å². The van der Waals surface area contributed by atoms with E-state index in [4.69, 9.17) is 0 Å². The summed E-state index contributed by atoms with van der Waals surface area (Å²) in [5.41, 5.74) is 3.08. The normalized spacial score (nSPS) is 18.5. The average molecular weight is 341 g/mol. The maximum absolute atomic E-state index is 13.7. The van der Waals surface area contributed by atoms with Gasteiger partial charge in [0.25, 0.3) is 16.0 Å². The van der Waals surface area contributed by atoms with Crippen molar-refractivity contribution in [3.05, 3.63) is 41.5 Å². The summed E-state index contributed by atoms with van der Waals surface area (Å²) in [6.07, 6.45) is 2.63. The van der Waals surface area contributed by atoms with Crippen molar-refractivity contribution in [2.75, 3.05) is 6.26 Å². The Morgan fingerprint density at radius 1 is 1.26 bits per heavy atom. The summed E-state index contributed by atoms with van der Waals surface area (Å²) in [6, 6.07) is 7.65. The van der Waals surface area contributed by atoms with Gasteiger partial charge in [0.15, 0.2) is 0 Å². The second-order valence-corrected chi connectivity index (χ2v) is 7.60. The van der Waals surface area contributed by atoms with Gasteiger partial charge in [-0.15, -0.1) is 4.28 Å². The van der Waals surface area contributed by atoms with Crippen molar-refractivity contribution in [1.29, 1.82) is 0 Å². The Labute approximate surface area is 135 Å². The van der Waals surface area contributed by atoms with E-state index < -0.39 is 27.2 Å². The molecule has 23 heavy (non-hydrogen) atoms. The van der Waals surface area contributed by atoms with Crippen LogP contribution in [0.5, 0.6) is 0 Å². The number of hydrogen-bond acceptors (Lipinski definition) is 4. The molecule has 0 aromatic heterocycles. The Morgan fingerprint density at radius 2 is 1.87 bits per heavy atom. The van der Waals surface area contributed by atoms with Gasteiger partial charge in [0.05, 0.1) is 12.2 Å². The van der Waals surface area contributed by atoms with Gasteiger partial charge in [-0.25, -0.2) is 0 Å². The zero-order valence-corrected chi connectivity index (χ0v) is 14.3. The Morgan fingerprint density at radius 3 is 2.43 bits per heavy atom. The molecule has 1 aromatic carbocycles. The van der Waals surface area contributed by atoms with Crippen LogP contribution in [0.15, 0.2) is 30.3 Å². The molecule has 0 spiro atoms. The predicted octanol–water partition coefficient (Wildman–Crippen LogP) is 3.06. The van der Waals surface area contributed by atoms with Crippen LogP contribution in [-0.4, -0.2) is 25.9 Å². The third-order valence-corrected chi connectivity index (χ3v) is 4.32. The molecule has 1 aromatic rings. The van der Waals surface area contributed by atoms with Crippen LogP contribution in [-0.2, 0) is 19.2 Å². The number of carbonyl (C=O) groups excluding carboxylic acids is 1.